The molecule has 0 aromatic carbocycles. The van der Waals surface area contributed by atoms with Crippen molar-refractivity contribution >= 4 is 27.8 Å². The lowest BCUT2D eigenvalue weighted by Gasteiger charge is -2.39. The van der Waals surface area contributed by atoms with E-state index in [-0.39, 0.29) is 6.04 Å². The molecule has 1 aromatic rings. The van der Waals surface area contributed by atoms with Crippen LogP contribution in [0.1, 0.15) is 6.92 Å². The Labute approximate surface area is 108 Å². The molecule has 17 heavy (non-hydrogen) atoms. The molecule has 1 amide bonds. The Bertz CT molecular complexity index is 427. The molecule has 2 heterocycles. The van der Waals surface area contributed by atoms with Crippen LogP contribution in [0.2, 0.25) is 0 Å². The third-order valence-corrected chi connectivity index (χ3v) is 3.39. The number of hydrogen-bond acceptors (Lipinski definition) is 3. The second-order valence-electron chi connectivity index (χ2n) is 4.10. The number of amides is 1. The largest absolute Gasteiger partial charge is 0.465 e. The van der Waals surface area contributed by atoms with E-state index < -0.39 is 6.09 Å². The van der Waals surface area contributed by atoms with E-state index in [9.17, 15) is 4.79 Å². The van der Waals surface area contributed by atoms with E-state index >= 15 is 0 Å². The summed E-state index contributed by atoms with van der Waals surface area (Å²) in [6.45, 7) is 3.73. The number of rotatable bonds is 1. The van der Waals surface area contributed by atoms with Gasteiger partial charge in [-0.25, -0.2) is 9.78 Å². The molecular formula is C11H14BrN3O2. The van der Waals surface area contributed by atoms with Crippen LogP contribution in [0, 0.1) is 0 Å². The van der Waals surface area contributed by atoms with Crippen molar-refractivity contribution in [1.82, 2.24) is 9.88 Å². The summed E-state index contributed by atoms with van der Waals surface area (Å²) in [6.07, 6.45) is 0.897. The molecule has 1 aromatic heterocycles. The molecule has 0 aliphatic carbocycles. The maximum absolute atomic E-state index is 10.9. The van der Waals surface area contributed by atoms with Crippen LogP contribution in [0.15, 0.2) is 22.8 Å². The number of nitrogens with zero attached hydrogens (tertiary/aromatic N) is 3. The van der Waals surface area contributed by atoms with Crippen LogP contribution in [-0.4, -0.2) is 46.8 Å². The highest BCUT2D eigenvalue weighted by atomic mass is 79.9. The normalized spacial score (nSPS) is 20.5. The molecule has 0 radical (unpaired) electrons. The minimum absolute atomic E-state index is 0.140. The quantitative estimate of drug-likeness (QED) is 0.862. The minimum atomic E-state index is -0.848. The van der Waals surface area contributed by atoms with Gasteiger partial charge in [-0.3, -0.25) is 0 Å². The fourth-order valence-corrected chi connectivity index (χ4v) is 2.35. The number of anilines is 1. The molecule has 1 atom stereocenters. The van der Waals surface area contributed by atoms with Crippen molar-refractivity contribution < 1.29 is 9.90 Å². The molecule has 1 aliphatic rings. The van der Waals surface area contributed by atoms with Crippen molar-refractivity contribution in [3.63, 3.8) is 0 Å². The molecule has 1 aliphatic heterocycles. The lowest BCUT2D eigenvalue weighted by Crippen LogP contribution is -2.53. The summed E-state index contributed by atoms with van der Waals surface area (Å²) in [4.78, 5) is 18.8. The number of pyridine rings is 1. The Morgan fingerprint density at radius 3 is 2.94 bits per heavy atom. The first-order valence-corrected chi connectivity index (χ1v) is 6.23. The van der Waals surface area contributed by atoms with Gasteiger partial charge in [0, 0.05) is 36.3 Å². The summed E-state index contributed by atoms with van der Waals surface area (Å²) >= 11 is 3.41. The fourth-order valence-electron chi connectivity index (χ4n) is 2.02. The van der Waals surface area contributed by atoms with Gasteiger partial charge in [0.15, 0.2) is 0 Å². The van der Waals surface area contributed by atoms with Crippen LogP contribution in [0.5, 0.6) is 0 Å². The number of hydrogen-bond donors (Lipinski definition) is 1. The van der Waals surface area contributed by atoms with Gasteiger partial charge >= 0.3 is 6.09 Å². The Morgan fingerprint density at radius 2 is 2.35 bits per heavy atom. The van der Waals surface area contributed by atoms with Gasteiger partial charge in [-0.05, 0) is 19.1 Å². The van der Waals surface area contributed by atoms with Gasteiger partial charge in [-0.2, -0.15) is 0 Å². The second-order valence-corrected chi connectivity index (χ2v) is 5.02. The standard InChI is InChI=1S/C11H14BrN3O2/c1-8-7-14(11(16)17)4-5-15(8)10-6-9(12)2-3-13-10/h2-3,6,8H,4-5,7H2,1H3,(H,16,17)/t8-/m1/s1. The highest BCUT2D eigenvalue weighted by molar-refractivity contribution is 9.10. The van der Waals surface area contributed by atoms with Crippen LogP contribution in [-0.2, 0) is 0 Å². The molecule has 5 nitrogen and oxygen atoms in total. The number of aromatic nitrogens is 1. The third kappa shape index (κ3) is 2.69. The number of carbonyl (C=O) groups is 1. The number of piperazine rings is 1. The van der Waals surface area contributed by atoms with E-state index in [1.165, 1.54) is 4.90 Å². The monoisotopic (exact) mass is 299 g/mol. The zero-order chi connectivity index (χ0) is 12.4. The molecule has 1 N–H and O–H groups in total. The predicted octanol–water partition coefficient (Wildman–Crippen LogP) is 2.03. The number of carboxylic acid groups (broad SMARTS) is 1. The first kappa shape index (κ1) is 12.2. The summed E-state index contributed by atoms with van der Waals surface area (Å²) in [7, 11) is 0. The summed E-state index contributed by atoms with van der Waals surface area (Å²) in [5, 5.41) is 8.94. The van der Waals surface area contributed by atoms with Crippen molar-refractivity contribution in [2.75, 3.05) is 24.5 Å². The summed E-state index contributed by atoms with van der Waals surface area (Å²) < 4.78 is 0.982. The number of halogens is 1. The molecule has 1 fully saturated rings. The van der Waals surface area contributed by atoms with Gasteiger partial charge in [0.05, 0.1) is 0 Å². The summed E-state index contributed by atoms with van der Waals surface area (Å²) in [5.41, 5.74) is 0. The SMILES string of the molecule is C[C@@H]1CN(C(=O)O)CCN1c1cc(Br)ccn1. The van der Waals surface area contributed by atoms with Crippen molar-refractivity contribution in [3.8, 4) is 0 Å². The van der Waals surface area contributed by atoms with Crippen molar-refractivity contribution in [2.24, 2.45) is 0 Å². The van der Waals surface area contributed by atoms with Gasteiger partial charge in [-0.15, -0.1) is 0 Å². The van der Waals surface area contributed by atoms with E-state index in [0.29, 0.717) is 19.6 Å². The molecule has 1 saturated heterocycles. The molecule has 92 valence electrons. The van der Waals surface area contributed by atoms with Crippen LogP contribution in [0.25, 0.3) is 0 Å². The van der Waals surface area contributed by atoms with E-state index in [1.807, 2.05) is 19.1 Å². The molecule has 0 unspecified atom stereocenters. The molecule has 6 heteroatoms. The maximum Gasteiger partial charge on any atom is 0.407 e. The van der Waals surface area contributed by atoms with Gasteiger partial charge < -0.3 is 14.9 Å². The van der Waals surface area contributed by atoms with Crippen LogP contribution in [0.3, 0.4) is 0 Å². The average Bonchev–Trinajstić information content (AvgIpc) is 2.28. The minimum Gasteiger partial charge on any atom is -0.465 e. The summed E-state index contributed by atoms with van der Waals surface area (Å²) in [5.74, 6) is 0.886. The Kier molecular flexibility index (Phi) is 3.51. The predicted molar refractivity (Wildman–Crippen MR) is 68.3 cm³/mol. The molecule has 0 saturated carbocycles. The third-order valence-electron chi connectivity index (χ3n) is 2.90. The Morgan fingerprint density at radius 1 is 1.59 bits per heavy atom. The average molecular weight is 300 g/mol. The lowest BCUT2D eigenvalue weighted by molar-refractivity contribution is 0.136. The van der Waals surface area contributed by atoms with Gasteiger partial charge in [0.1, 0.15) is 5.82 Å². The smallest absolute Gasteiger partial charge is 0.407 e. The molecule has 0 bridgehead atoms. The zero-order valence-corrected chi connectivity index (χ0v) is 11.1. The molecular weight excluding hydrogens is 286 g/mol. The van der Waals surface area contributed by atoms with E-state index in [1.54, 1.807) is 6.20 Å². The second kappa shape index (κ2) is 4.91. The van der Waals surface area contributed by atoms with Gasteiger partial charge in [0.2, 0.25) is 0 Å². The van der Waals surface area contributed by atoms with Crippen molar-refractivity contribution in [3.05, 3.63) is 22.8 Å². The van der Waals surface area contributed by atoms with Crippen molar-refractivity contribution in [1.29, 1.82) is 0 Å². The van der Waals surface area contributed by atoms with Crippen LogP contribution < -0.4 is 4.90 Å². The Balaban J connectivity index is 2.12. The van der Waals surface area contributed by atoms with E-state index in [0.717, 1.165) is 10.3 Å². The van der Waals surface area contributed by atoms with Crippen molar-refractivity contribution in [2.45, 2.75) is 13.0 Å². The fraction of sp³-hybridized carbons (Fsp3) is 0.455. The molecule has 2 rings (SSSR count). The maximum atomic E-state index is 10.9. The highest BCUT2D eigenvalue weighted by Gasteiger charge is 2.27. The molecule has 0 spiro atoms. The summed E-state index contributed by atoms with van der Waals surface area (Å²) in [6, 6.07) is 3.97. The van der Waals surface area contributed by atoms with E-state index in [4.69, 9.17) is 5.11 Å². The topological polar surface area (TPSA) is 56.7 Å². The lowest BCUT2D eigenvalue weighted by atomic mass is 10.2. The van der Waals surface area contributed by atoms with Gasteiger partial charge in [-0.1, -0.05) is 15.9 Å². The van der Waals surface area contributed by atoms with E-state index in [2.05, 4.69) is 25.8 Å². The highest BCUT2D eigenvalue weighted by Crippen LogP contribution is 2.21. The zero-order valence-electron chi connectivity index (χ0n) is 9.51. The first-order chi connectivity index (χ1) is 8.08. The van der Waals surface area contributed by atoms with Gasteiger partial charge in [0.25, 0.3) is 0 Å². The van der Waals surface area contributed by atoms with Crippen LogP contribution in [0.4, 0.5) is 10.6 Å². The van der Waals surface area contributed by atoms with Crippen LogP contribution >= 0.6 is 15.9 Å². The first-order valence-electron chi connectivity index (χ1n) is 5.44. The Hall–Kier alpha value is -1.30.